The Bertz CT molecular complexity index is 1090. The molecule has 4 rings (SSSR count). The molecule has 0 unspecified atom stereocenters. The molecule has 0 bridgehead atoms. The molecule has 0 radical (unpaired) electrons. The molecule has 6 nitrogen and oxygen atoms in total. The van der Waals surface area contributed by atoms with Crippen LogP contribution in [0.15, 0.2) is 67.4 Å². The molecule has 0 aliphatic carbocycles. The number of nitrogens with zero attached hydrogens (tertiary/aromatic N) is 3. The molecule has 1 atom stereocenters. The zero-order valence-corrected chi connectivity index (χ0v) is 16.4. The molecule has 0 amide bonds. The number of carbonyl (C=O) groups excluding carboxylic acids is 1. The van der Waals surface area contributed by atoms with Gasteiger partial charge in [0.1, 0.15) is 23.2 Å². The highest BCUT2D eigenvalue weighted by Gasteiger charge is 2.25. The summed E-state index contributed by atoms with van der Waals surface area (Å²) in [5.74, 6) is -0.516. The lowest BCUT2D eigenvalue weighted by Gasteiger charge is -2.35. The summed E-state index contributed by atoms with van der Waals surface area (Å²) in [5.41, 5.74) is 7.26. The van der Waals surface area contributed by atoms with Crippen LogP contribution in [0.2, 0.25) is 0 Å². The molecule has 2 aromatic heterocycles. The van der Waals surface area contributed by atoms with Crippen LogP contribution in [0, 0.1) is 0 Å². The first-order valence-corrected chi connectivity index (χ1v) is 9.69. The number of benzene rings is 1. The van der Waals surface area contributed by atoms with E-state index in [1.807, 2.05) is 18.2 Å². The maximum absolute atomic E-state index is 14.1. The van der Waals surface area contributed by atoms with Gasteiger partial charge < -0.3 is 16.0 Å². The van der Waals surface area contributed by atoms with E-state index in [2.05, 4.69) is 38.9 Å². The maximum Gasteiger partial charge on any atom is 0.215 e. The van der Waals surface area contributed by atoms with Crippen molar-refractivity contribution in [3.63, 3.8) is 0 Å². The highest BCUT2D eigenvalue weighted by molar-refractivity contribution is 6.12. The van der Waals surface area contributed by atoms with Gasteiger partial charge in [-0.05, 0) is 29.8 Å². The van der Waals surface area contributed by atoms with E-state index in [1.165, 1.54) is 11.8 Å². The van der Waals surface area contributed by atoms with Gasteiger partial charge in [0, 0.05) is 37.4 Å². The van der Waals surface area contributed by atoms with Crippen LogP contribution in [0.4, 0.5) is 16.0 Å². The Kier molecular flexibility index (Phi) is 5.54. The number of hydrogen-bond donors (Lipinski definition) is 2. The number of halogens is 1. The SMILES string of the molecule is C=C(F)c1ccc(N2CCN[C@@H](c3ccccc3)C2)nc1C(=O)c1cccnc1N. The molecule has 3 aromatic rings. The van der Waals surface area contributed by atoms with Gasteiger partial charge in [0.05, 0.1) is 5.56 Å². The van der Waals surface area contributed by atoms with Gasteiger partial charge in [-0.25, -0.2) is 14.4 Å². The van der Waals surface area contributed by atoms with Gasteiger partial charge in [-0.2, -0.15) is 0 Å². The summed E-state index contributed by atoms with van der Waals surface area (Å²) in [4.78, 5) is 23.7. The molecule has 1 aromatic carbocycles. The molecule has 0 saturated carbocycles. The summed E-state index contributed by atoms with van der Waals surface area (Å²) in [6.45, 7) is 5.50. The van der Waals surface area contributed by atoms with Crippen LogP contribution in [0.5, 0.6) is 0 Å². The van der Waals surface area contributed by atoms with Gasteiger partial charge in [0.25, 0.3) is 0 Å². The fourth-order valence-electron chi connectivity index (χ4n) is 3.62. The average molecular weight is 403 g/mol. The summed E-state index contributed by atoms with van der Waals surface area (Å²) in [6, 6.07) is 16.7. The monoisotopic (exact) mass is 403 g/mol. The number of ketones is 1. The van der Waals surface area contributed by atoms with Crippen molar-refractivity contribution in [3.05, 3.63) is 89.8 Å². The van der Waals surface area contributed by atoms with Gasteiger partial charge in [0.15, 0.2) is 0 Å². The highest BCUT2D eigenvalue weighted by atomic mass is 19.1. The molecule has 1 fully saturated rings. The minimum absolute atomic E-state index is 0.0190. The summed E-state index contributed by atoms with van der Waals surface area (Å²) in [6.07, 6.45) is 1.50. The van der Waals surface area contributed by atoms with Crippen molar-refractivity contribution >= 4 is 23.2 Å². The topological polar surface area (TPSA) is 84.1 Å². The van der Waals surface area contributed by atoms with E-state index in [0.29, 0.717) is 12.4 Å². The second-order valence-electron chi connectivity index (χ2n) is 7.10. The molecule has 3 N–H and O–H groups in total. The van der Waals surface area contributed by atoms with Crippen LogP contribution < -0.4 is 16.0 Å². The Morgan fingerprint density at radius 3 is 2.67 bits per heavy atom. The van der Waals surface area contributed by atoms with Crippen molar-refractivity contribution in [3.8, 4) is 0 Å². The fraction of sp³-hybridized carbons (Fsp3) is 0.174. The summed E-state index contributed by atoms with van der Waals surface area (Å²) < 4.78 is 14.1. The molecule has 3 heterocycles. The van der Waals surface area contributed by atoms with E-state index in [1.54, 1.807) is 24.3 Å². The quantitative estimate of drug-likeness (QED) is 0.636. The van der Waals surface area contributed by atoms with Crippen LogP contribution >= 0.6 is 0 Å². The summed E-state index contributed by atoms with van der Waals surface area (Å²) in [5, 5.41) is 3.50. The second-order valence-corrected chi connectivity index (χ2v) is 7.10. The standard InChI is InChI=1S/C23H22FN5O/c1-15(24)17-9-10-20(28-21(17)22(30)18-8-5-11-27-23(18)25)29-13-12-26-19(14-29)16-6-3-2-4-7-16/h2-11,19,26H,1,12-14H2,(H2,25,27)/t19-/m1/s1. The molecular formula is C23H22FN5O. The number of aromatic nitrogens is 2. The maximum atomic E-state index is 14.1. The number of nitrogens with two attached hydrogens (primary N) is 1. The van der Waals surface area contributed by atoms with Gasteiger partial charge in [-0.15, -0.1) is 0 Å². The first-order chi connectivity index (χ1) is 14.5. The molecule has 30 heavy (non-hydrogen) atoms. The normalized spacial score (nSPS) is 16.3. The molecule has 1 aliphatic heterocycles. The van der Waals surface area contributed by atoms with Crippen LogP contribution in [0.25, 0.3) is 5.83 Å². The number of piperazine rings is 1. The zero-order valence-electron chi connectivity index (χ0n) is 16.4. The van der Waals surface area contributed by atoms with E-state index < -0.39 is 11.6 Å². The molecule has 7 heteroatoms. The van der Waals surface area contributed by atoms with Crippen LogP contribution in [-0.2, 0) is 0 Å². The number of nitrogen functional groups attached to an aromatic ring is 1. The second kappa shape index (κ2) is 8.42. The Morgan fingerprint density at radius 2 is 1.93 bits per heavy atom. The predicted molar refractivity (Wildman–Crippen MR) is 116 cm³/mol. The summed E-state index contributed by atoms with van der Waals surface area (Å²) in [7, 11) is 0. The van der Waals surface area contributed by atoms with Crippen molar-refractivity contribution in [2.75, 3.05) is 30.3 Å². The van der Waals surface area contributed by atoms with Crippen LogP contribution in [0.3, 0.4) is 0 Å². The van der Waals surface area contributed by atoms with E-state index >= 15 is 0 Å². The first kappa shape index (κ1) is 19.7. The lowest BCUT2D eigenvalue weighted by atomic mass is 10.0. The predicted octanol–water partition coefficient (Wildman–Crippen LogP) is 3.38. The van der Waals surface area contributed by atoms with Crippen molar-refractivity contribution in [2.24, 2.45) is 0 Å². The minimum Gasteiger partial charge on any atom is -0.383 e. The van der Waals surface area contributed by atoms with Gasteiger partial charge in [-0.1, -0.05) is 36.9 Å². The third kappa shape index (κ3) is 3.92. The number of anilines is 2. The van der Waals surface area contributed by atoms with E-state index in [-0.39, 0.29) is 28.7 Å². The smallest absolute Gasteiger partial charge is 0.215 e. The Morgan fingerprint density at radius 1 is 1.13 bits per heavy atom. The Labute approximate surface area is 174 Å². The lowest BCUT2D eigenvalue weighted by molar-refractivity contribution is 0.103. The van der Waals surface area contributed by atoms with E-state index in [9.17, 15) is 9.18 Å². The third-order valence-electron chi connectivity index (χ3n) is 5.17. The van der Waals surface area contributed by atoms with Gasteiger partial charge >= 0.3 is 0 Å². The first-order valence-electron chi connectivity index (χ1n) is 9.69. The van der Waals surface area contributed by atoms with Crippen molar-refractivity contribution in [2.45, 2.75) is 6.04 Å². The fourth-order valence-corrected chi connectivity index (χ4v) is 3.62. The average Bonchev–Trinajstić information content (AvgIpc) is 2.79. The Hall–Kier alpha value is -3.58. The summed E-state index contributed by atoms with van der Waals surface area (Å²) >= 11 is 0. The van der Waals surface area contributed by atoms with Crippen LogP contribution in [-0.4, -0.2) is 35.4 Å². The van der Waals surface area contributed by atoms with Crippen molar-refractivity contribution < 1.29 is 9.18 Å². The van der Waals surface area contributed by atoms with E-state index in [4.69, 9.17) is 5.73 Å². The molecule has 152 valence electrons. The molecule has 1 saturated heterocycles. The number of rotatable bonds is 5. The molecule has 1 aliphatic rings. The number of hydrogen-bond acceptors (Lipinski definition) is 6. The number of pyridine rings is 2. The molecule has 0 spiro atoms. The number of nitrogens with one attached hydrogen (secondary N) is 1. The number of carbonyl (C=O) groups is 1. The van der Waals surface area contributed by atoms with Crippen LogP contribution in [0.1, 0.15) is 33.2 Å². The molecular weight excluding hydrogens is 381 g/mol. The minimum atomic E-state index is -0.720. The Balaban J connectivity index is 1.68. The highest BCUT2D eigenvalue weighted by Crippen LogP contribution is 2.27. The van der Waals surface area contributed by atoms with Crippen molar-refractivity contribution in [1.29, 1.82) is 0 Å². The van der Waals surface area contributed by atoms with Gasteiger partial charge in [0.2, 0.25) is 5.78 Å². The van der Waals surface area contributed by atoms with Gasteiger partial charge in [-0.3, -0.25) is 4.79 Å². The largest absolute Gasteiger partial charge is 0.383 e. The van der Waals surface area contributed by atoms with Crippen molar-refractivity contribution in [1.82, 2.24) is 15.3 Å². The lowest BCUT2D eigenvalue weighted by Crippen LogP contribution is -2.46. The van der Waals surface area contributed by atoms with E-state index in [0.717, 1.165) is 13.1 Å². The zero-order chi connectivity index (χ0) is 21.1. The third-order valence-corrected chi connectivity index (χ3v) is 5.17.